The molecule has 3 aromatic rings. The number of tetrazole rings is 1. The zero-order valence-corrected chi connectivity index (χ0v) is 18.6. The Kier molecular flexibility index (Phi) is 5.60. The highest BCUT2D eigenvalue weighted by molar-refractivity contribution is 5.76. The first-order valence-corrected chi connectivity index (χ1v) is 10.1. The van der Waals surface area contributed by atoms with Crippen LogP contribution in [0, 0.1) is 20.8 Å². The molecule has 32 heavy (non-hydrogen) atoms. The Hall–Kier alpha value is -3.82. The lowest BCUT2D eigenvalue weighted by molar-refractivity contribution is 0.287. The molecule has 0 radical (unpaired) electrons. The van der Waals surface area contributed by atoms with Crippen LogP contribution >= 0.6 is 0 Å². The van der Waals surface area contributed by atoms with Crippen molar-refractivity contribution in [2.75, 3.05) is 7.05 Å². The molecule has 166 valence electrons. The van der Waals surface area contributed by atoms with Gasteiger partial charge in [0.2, 0.25) is 5.88 Å². The second-order valence-corrected chi connectivity index (χ2v) is 7.77. The third-order valence-electron chi connectivity index (χ3n) is 5.41. The molecule has 1 atom stereocenters. The highest BCUT2D eigenvalue weighted by Gasteiger charge is 2.22. The minimum atomic E-state index is -0.387. The van der Waals surface area contributed by atoms with Crippen molar-refractivity contribution in [2.45, 2.75) is 33.5 Å². The predicted octanol–water partition coefficient (Wildman–Crippen LogP) is 2.69. The summed E-state index contributed by atoms with van der Waals surface area (Å²) in [5.41, 5.74) is 4.49. The highest BCUT2D eigenvalue weighted by atomic mass is 19.1. The molecule has 1 aromatic carbocycles. The third kappa shape index (κ3) is 3.91. The molecule has 1 unspecified atom stereocenters. The molecular formula is C22H24FN7O2. The zero-order valence-electron chi connectivity index (χ0n) is 18.6. The second kappa shape index (κ2) is 8.37. The summed E-state index contributed by atoms with van der Waals surface area (Å²) in [6.45, 7) is 5.92. The first kappa shape index (κ1) is 21.4. The van der Waals surface area contributed by atoms with E-state index in [0.717, 1.165) is 27.9 Å². The van der Waals surface area contributed by atoms with E-state index in [-0.39, 0.29) is 24.3 Å². The van der Waals surface area contributed by atoms with Crippen LogP contribution in [0.25, 0.3) is 5.69 Å². The maximum absolute atomic E-state index is 13.4. The van der Waals surface area contributed by atoms with Gasteiger partial charge in [-0.15, -0.1) is 0 Å². The molecule has 0 spiro atoms. The zero-order chi connectivity index (χ0) is 23.0. The van der Waals surface area contributed by atoms with Gasteiger partial charge in [0.1, 0.15) is 12.8 Å². The number of halogens is 1. The smallest absolute Gasteiger partial charge is 0.368 e. The van der Waals surface area contributed by atoms with Gasteiger partial charge in [-0.1, -0.05) is 12.1 Å². The summed E-state index contributed by atoms with van der Waals surface area (Å²) in [4.78, 5) is 23.0. The normalized spacial score (nSPS) is 15.8. The molecule has 10 heteroatoms. The molecule has 2 aromatic heterocycles. The highest BCUT2D eigenvalue weighted by Crippen LogP contribution is 2.30. The van der Waals surface area contributed by atoms with Crippen LogP contribution in [0.15, 0.2) is 46.1 Å². The molecule has 0 bridgehead atoms. The molecule has 3 heterocycles. The van der Waals surface area contributed by atoms with Crippen LogP contribution in [0.4, 0.5) is 4.39 Å². The Morgan fingerprint density at radius 2 is 1.91 bits per heavy atom. The van der Waals surface area contributed by atoms with Gasteiger partial charge in [-0.2, -0.15) is 9.36 Å². The number of hydrogen-bond donors (Lipinski definition) is 0. The number of nitrogens with zero attached hydrogens (tertiary/aromatic N) is 7. The number of rotatable bonds is 5. The summed E-state index contributed by atoms with van der Waals surface area (Å²) in [6, 6.07) is 7.57. The van der Waals surface area contributed by atoms with Gasteiger partial charge in [-0.3, -0.25) is 4.99 Å². The molecule has 9 nitrogen and oxygen atoms in total. The summed E-state index contributed by atoms with van der Waals surface area (Å²) < 4.78 is 21.9. The Balaban J connectivity index is 1.62. The first-order valence-electron chi connectivity index (χ1n) is 10.1. The summed E-state index contributed by atoms with van der Waals surface area (Å²) in [5, 5.41) is 7.74. The fourth-order valence-corrected chi connectivity index (χ4v) is 3.64. The average molecular weight is 437 g/mol. The van der Waals surface area contributed by atoms with E-state index in [4.69, 9.17) is 4.74 Å². The number of benzene rings is 1. The number of hydrogen-bond acceptors (Lipinski definition) is 7. The molecule has 1 aliphatic rings. The van der Waals surface area contributed by atoms with E-state index >= 15 is 0 Å². The number of aryl methyl sites for hydroxylation is 4. The molecular weight excluding hydrogens is 413 g/mol. The van der Waals surface area contributed by atoms with Crippen LogP contribution < -0.4 is 10.4 Å². The SMILES string of the molecule is Cc1cc(C2N=CC(F)=CN2C)c(C)nc1OCc1c(C)cccc1-n1nnn(C)c1=O. The van der Waals surface area contributed by atoms with Crippen LogP contribution in [0.5, 0.6) is 5.88 Å². The van der Waals surface area contributed by atoms with Crippen LogP contribution in [0.3, 0.4) is 0 Å². The quantitative estimate of drug-likeness (QED) is 0.610. The van der Waals surface area contributed by atoms with E-state index in [1.54, 1.807) is 25.1 Å². The van der Waals surface area contributed by atoms with Gasteiger partial charge in [0, 0.05) is 42.7 Å². The largest absolute Gasteiger partial charge is 0.473 e. The summed E-state index contributed by atoms with van der Waals surface area (Å²) >= 11 is 0. The lowest BCUT2D eigenvalue weighted by atomic mass is 10.1. The topological polar surface area (TPSA) is 90.4 Å². The number of aliphatic imine (C=N–C) groups is 1. The van der Waals surface area contributed by atoms with Gasteiger partial charge in [0.25, 0.3) is 0 Å². The Labute approximate surface area is 184 Å². The molecule has 1 aliphatic heterocycles. The molecule has 0 amide bonds. The molecule has 0 fully saturated rings. The molecule has 0 saturated carbocycles. The Bertz CT molecular complexity index is 1290. The second-order valence-electron chi connectivity index (χ2n) is 7.77. The van der Waals surface area contributed by atoms with Gasteiger partial charge in [-0.25, -0.2) is 14.2 Å². The van der Waals surface area contributed by atoms with Crippen molar-refractivity contribution >= 4 is 6.21 Å². The van der Waals surface area contributed by atoms with E-state index in [1.807, 2.05) is 39.0 Å². The number of allylic oxidation sites excluding steroid dienone is 1. The van der Waals surface area contributed by atoms with Crippen molar-refractivity contribution in [3.05, 3.63) is 74.7 Å². The predicted molar refractivity (Wildman–Crippen MR) is 118 cm³/mol. The van der Waals surface area contributed by atoms with Crippen LogP contribution in [-0.2, 0) is 13.7 Å². The molecule has 0 aliphatic carbocycles. The summed E-state index contributed by atoms with van der Waals surface area (Å²) in [7, 11) is 3.32. The van der Waals surface area contributed by atoms with Crippen LogP contribution in [0.2, 0.25) is 0 Å². The minimum Gasteiger partial charge on any atom is -0.473 e. The standard InChI is InChI=1S/C22H24FN7O2/c1-13-7-6-8-19(30-22(31)29(5)26-27-30)18(13)12-32-21-14(2)9-17(15(3)25-21)20-24-10-16(23)11-28(20)4/h6-11,20H,12H2,1-5H3. The van der Waals surface area contributed by atoms with Crippen molar-refractivity contribution in [1.82, 2.24) is 29.7 Å². The maximum Gasteiger partial charge on any atom is 0.368 e. The van der Waals surface area contributed by atoms with E-state index in [1.165, 1.54) is 21.8 Å². The number of aromatic nitrogens is 5. The lowest BCUT2D eigenvalue weighted by Crippen LogP contribution is -2.23. The van der Waals surface area contributed by atoms with Crippen molar-refractivity contribution in [3.8, 4) is 11.6 Å². The number of ether oxygens (including phenoxy) is 1. The van der Waals surface area contributed by atoms with Crippen molar-refractivity contribution < 1.29 is 9.13 Å². The first-order chi connectivity index (χ1) is 15.3. The lowest BCUT2D eigenvalue weighted by Gasteiger charge is -2.27. The van der Waals surface area contributed by atoms with Crippen LogP contribution in [0.1, 0.15) is 34.1 Å². The van der Waals surface area contributed by atoms with Crippen molar-refractivity contribution in [3.63, 3.8) is 0 Å². The number of pyridine rings is 1. The Morgan fingerprint density at radius 1 is 1.12 bits per heavy atom. The van der Waals surface area contributed by atoms with E-state index in [0.29, 0.717) is 11.6 Å². The van der Waals surface area contributed by atoms with Gasteiger partial charge in [0.15, 0.2) is 5.83 Å². The van der Waals surface area contributed by atoms with Gasteiger partial charge in [0.05, 0.1) is 11.9 Å². The van der Waals surface area contributed by atoms with Gasteiger partial charge < -0.3 is 9.64 Å². The average Bonchev–Trinajstić information content (AvgIpc) is 3.07. The van der Waals surface area contributed by atoms with E-state index in [9.17, 15) is 9.18 Å². The van der Waals surface area contributed by atoms with Crippen molar-refractivity contribution in [2.24, 2.45) is 12.0 Å². The van der Waals surface area contributed by atoms with Crippen LogP contribution in [-0.4, -0.2) is 42.9 Å². The van der Waals surface area contributed by atoms with Gasteiger partial charge in [-0.05, 0) is 48.9 Å². The third-order valence-corrected chi connectivity index (χ3v) is 5.41. The molecule has 4 rings (SSSR count). The van der Waals surface area contributed by atoms with Gasteiger partial charge >= 0.3 is 5.69 Å². The summed E-state index contributed by atoms with van der Waals surface area (Å²) in [5.74, 6) is 0.0957. The molecule has 0 saturated heterocycles. The fraction of sp³-hybridized carbons (Fsp3) is 0.318. The molecule has 0 N–H and O–H groups in total. The summed E-state index contributed by atoms with van der Waals surface area (Å²) in [6.07, 6.45) is 2.28. The maximum atomic E-state index is 13.4. The Morgan fingerprint density at radius 3 is 2.59 bits per heavy atom. The van der Waals surface area contributed by atoms with E-state index < -0.39 is 0 Å². The minimum absolute atomic E-state index is 0.201. The van der Waals surface area contributed by atoms with Crippen molar-refractivity contribution in [1.29, 1.82) is 0 Å². The fourth-order valence-electron chi connectivity index (χ4n) is 3.64. The van der Waals surface area contributed by atoms with E-state index in [2.05, 4.69) is 20.4 Å². The monoisotopic (exact) mass is 437 g/mol.